The van der Waals surface area contributed by atoms with E-state index in [4.69, 9.17) is 4.74 Å². The summed E-state index contributed by atoms with van der Waals surface area (Å²) in [5.41, 5.74) is 3.44. The Hall–Kier alpha value is -3.38. The molecule has 0 saturated heterocycles. The van der Waals surface area contributed by atoms with Crippen LogP contribution in [0.15, 0.2) is 88.8 Å². The first-order valence-corrected chi connectivity index (χ1v) is 11.0. The minimum absolute atomic E-state index is 0.00744. The van der Waals surface area contributed by atoms with Crippen LogP contribution < -0.4 is 16.2 Å². The van der Waals surface area contributed by atoms with Crippen LogP contribution >= 0.6 is 0 Å². The molecule has 0 spiro atoms. The maximum Gasteiger partial charge on any atom is 0.250 e. The van der Waals surface area contributed by atoms with Crippen molar-refractivity contribution in [1.29, 1.82) is 0 Å². The molecule has 0 aliphatic heterocycles. The van der Waals surface area contributed by atoms with Gasteiger partial charge in [0.05, 0.1) is 12.6 Å². The van der Waals surface area contributed by atoms with Gasteiger partial charge in [0, 0.05) is 39.0 Å². The number of rotatable bonds is 10. The minimum Gasteiger partial charge on any atom is -0.374 e. The van der Waals surface area contributed by atoms with Crippen molar-refractivity contribution in [3.63, 3.8) is 0 Å². The normalized spacial score (nSPS) is 12.4. The van der Waals surface area contributed by atoms with Crippen molar-refractivity contribution in [3.05, 3.63) is 106 Å². The molecule has 0 amide bonds. The molecule has 0 aliphatic rings. The standard InChI is InChI=1S/C26H32N4O2/c1-21(24-9-4-3-5-10-24)32-18-8-16-28-26(27-2)29-19-22-12-14-23(15-13-22)20-30-17-7-6-11-25(30)31/h3-7,9-15,17,21H,8,16,18-20H2,1-2H3,(H2,27,28,29). The Kier molecular flexibility index (Phi) is 9.07. The van der Waals surface area contributed by atoms with Gasteiger partial charge < -0.3 is 19.9 Å². The van der Waals surface area contributed by atoms with Crippen molar-refractivity contribution in [2.24, 2.45) is 4.99 Å². The molecule has 0 bridgehead atoms. The fraction of sp³-hybridized carbons (Fsp3) is 0.308. The molecule has 2 aromatic carbocycles. The van der Waals surface area contributed by atoms with E-state index in [2.05, 4.69) is 58.9 Å². The van der Waals surface area contributed by atoms with Crippen LogP contribution in [-0.4, -0.2) is 30.7 Å². The molecule has 0 radical (unpaired) electrons. The Morgan fingerprint density at radius 3 is 2.41 bits per heavy atom. The van der Waals surface area contributed by atoms with Crippen LogP contribution in [0.2, 0.25) is 0 Å². The maximum atomic E-state index is 11.9. The predicted molar refractivity (Wildman–Crippen MR) is 130 cm³/mol. The van der Waals surface area contributed by atoms with Crippen LogP contribution in [0.3, 0.4) is 0 Å². The fourth-order valence-electron chi connectivity index (χ4n) is 3.32. The van der Waals surface area contributed by atoms with E-state index in [0.717, 1.165) is 30.1 Å². The molecule has 1 atom stereocenters. The van der Waals surface area contributed by atoms with Crippen LogP contribution in [0.1, 0.15) is 36.1 Å². The van der Waals surface area contributed by atoms with E-state index in [1.165, 1.54) is 5.56 Å². The number of aromatic nitrogens is 1. The van der Waals surface area contributed by atoms with Crippen molar-refractivity contribution in [2.75, 3.05) is 20.2 Å². The number of hydrogen-bond acceptors (Lipinski definition) is 3. The average Bonchev–Trinajstić information content (AvgIpc) is 2.83. The largest absolute Gasteiger partial charge is 0.374 e. The van der Waals surface area contributed by atoms with Crippen LogP contribution in [0, 0.1) is 0 Å². The zero-order chi connectivity index (χ0) is 22.6. The summed E-state index contributed by atoms with van der Waals surface area (Å²) in [6.45, 7) is 4.79. The van der Waals surface area contributed by atoms with E-state index >= 15 is 0 Å². The lowest BCUT2D eigenvalue weighted by Crippen LogP contribution is -2.37. The van der Waals surface area contributed by atoms with Crippen LogP contribution in [0.25, 0.3) is 0 Å². The molecular formula is C26H32N4O2. The molecule has 0 fully saturated rings. The average molecular weight is 433 g/mol. The highest BCUT2D eigenvalue weighted by Gasteiger charge is 2.05. The van der Waals surface area contributed by atoms with E-state index in [9.17, 15) is 4.79 Å². The molecule has 168 valence electrons. The Bertz CT molecular complexity index is 1030. The molecule has 1 heterocycles. The highest BCUT2D eigenvalue weighted by Crippen LogP contribution is 2.15. The minimum atomic E-state index is 0.00744. The molecule has 2 N–H and O–H groups in total. The third-order valence-electron chi connectivity index (χ3n) is 5.21. The summed E-state index contributed by atoms with van der Waals surface area (Å²) in [4.78, 5) is 16.1. The molecule has 0 saturated carbocycles. The number of ether oxygens (including phenoxy) is 1. The lowest BCUT2D eigenvalue weighted by atomic mass is 10.1. The number of pyridine rings is 1. The number of guanidine groups is 1. The number of nitrogens with zero attached hydrogens (tertiary/aromatic N) is 2. The Morgan fingerprint density at radius 2 is 1.69 bits per heavy atom. The van der Waals surface area contributed by atoms with E-state index in [0.29, 0.717) is 19.7 Å². The summed E-state index contributed by atoms with van der Waals surface area (Å²) in [5, 5.41) is 6.66. The van der Waals surface area contributed by atoms with Gasteiger partial charge in [0.2, 0.25) is 0 Å². The van der Waals surface area contributed by atoms with Gasteiger partial charge in [-0.25, -0.2) is 0 Å². The van der Waals surface area contributed by atoms with Gasteiger partial charge in [-0.05, 0) is 36.1 Å². The Balaban J connectivity index is 1.36. The molecule has 0 aliphatic carbocycles. The number of hydrogen-bond donors (Lipinski definition) is 2. The van der Waals surface area contributed by atoms with E-state index in [-0.39, 0.29) is 11.7 Å². The SMILES string of the molecule is CN=C(NCCCOC(C)c1ccccc1)NCc1ccc(Cn2ccccc2=O)cc1. The van der Waals surface area contributed by atoms with Crippen molar-refractivity contribution in [3.8, 4) is 0 Å². The van der Waals surface area contributed by atoms with Gasteiger partial charge in [0.1, 0.15) is 0 Å². The first kappa shape index (κ1) is 23.3. The van der Waals surface area contributed by atoms with E-state index in [1.807, 2.05) is 24.3 Å². The van der Waals surface area contributed by atoms with Crippen molar-refractivity contribution in [1.82, 2.24) is 15.2 Å². The second-order valence-electron chi connectivity index (χ2n) is 7.61. The van der Waals surface area contributed by atoms with E-state index in [1.54, 1.807) is 29.9 Å². The predicted octanol–water partition coefficient (Wildman–Crippen LogP) is 3.73. The third-order valence-corrected chi connectivity index (χ3v) is 5.21. The first-order valence-electron chi connectivity index (χ1n) is 11.0. The summed E-state index contributed by atoms with van der Waals surface area (Å²) in [6.07, 6.45) is 2.80. The monoisotopic (exact) mass is 432 g/mol. The topological polar surface area (TPSA) is 67.7 Å². The highest BCUT2D eigenvalue weighted by molar-refractivity contribution is 5.79. The van der Waals surface area contributed by atoms with Gasteiger partial charge in [0.25, 0.3) is 5.56 Å². The zero-order valence-corrected chi connectivity index (χ0v) is 18.8. The number of benzene rings is 2. The second-order valence-corrected chi connectivity index (χ2v) is 7.61. The maximum absolute atomic E-state index is 11.9. The number of nitrogens with one attached hydrogen (secondary N) is 2. The van der Waals surface area contributed by atoms with Crippen molar-refractivity contribution < 1.29 is 4.74 Å². The van der Waals surface area contributed by atoms with Crippen LogP contribution in [0.5, 0.6) is 0 Å². The molecule has 6 heteroatoms. The molecule has 3 rings (SSSR count). The zero-order valence-electron chi connectivity index (χ0n) is 18.8. The Morgan fingerprint density at radius 1 is 0.969 bits per heavy atom. The highest BCUT2D eigenvalue weighted by atomic mass is 16.5. The van der Waals surface area contributed by atoms with Gasteiger partial charge in [0.15, 0.2) is 5.96 Å². The van der Waals surface area contributed by atoms with Gasteiger partial charge in [-0.3, -0.25) is 9.79 Å². The summed E-state index contributed by atoms with van der Waals surface area (Å²) in [5.74, 6) is 0.765. The van der Waals surface area contributed by atoms with Crippen LogP contribution in [0.4, 0.5) is 0 Å². The van der Waals surface area contributed by atoms with Crippen molar-refractivity contribution in [2.45, 2.75) is 32.5 Å². The number of aliphatic imine (C=N–C) groups is 1. The quantitative estimate of drug-likeness (QED) is 0.291. The molecule has 32 heavy (non-hydrogen) atoms. The van der Waals surface area contributed by atoms with Crippen LogP contribution in [-0.2, 0) is 17.8 Å². The summed E-state index contributed by atoms with van der Waals surface area (Å²) in [6, 6.07) is 23.7. The Labute approximate surface area is 190 Å². The molecule has 6 nitrogen and oxygen atoms in total. The summed E-state index contributed by atoms with van der Waals surface area (Å²) >= 11 is 0. The van der Waals surface area contributed by atoms with Gasteiger partial charge in [-0.15, -0.1) is 0 Å². The second kappa shape index (κ2) is 12.5. The lowest BCUT2D eigenvalue weighted by Gasteiger charge is -2.15. The van der Waals surface area contributed by atoms with Gasteiger partial charge in [-0.1, -0.05) is 60.7 Å². The first-order chi connectivity index (χ1) is 15.7. The molecule has 1 unspecified atom stereocenters. The molecule has 3 aromatic rings. The third kappa shape index (κ3) is 7.39. The lowest BCUT2D eigenvalue weighted by molar-refractivity contribution is 0.0646. The van der Waals surface area contributed by atoms with Gasteiger partial charge >= 0.3 is 0 Å². The molecular weight excluding hydrogens is 400 g/mol. The van der Waals surface area contributed by atoms with Crippen molar-refractivity contribution >= 4 is 5.96 Å². The summed E-state index contributed by atoms with van der Waals surface area (Å²) < 4.78 is 7.61. The van der Waals surface area contributed by atoms with E-state index < -0.39 is 0 Å². The van der Waals surface area contributed by atoms with Gasteiger partial charge in [-0.2, -0.15) is 0 Å². The fourth-order valence-corrected chi connectivity index (χ4v) is 3.32. The smallest absolute Gasteiger partial charge is 0.250 e. The summed E-state index contributed by atoms with van der Waals surface area (Å²) in [7, 11) is 1.77. The molecule has 1 aromatic heterocycles.